The monoisotopic (exact) mass is 609 g/mol. The molecule has 0 bridgehead atoms. The van der Waals surface area contributed by atoms with Crippen LogP contribution < -0.4 is 5.32 Å². The molecular weight excluding hydrogens is 558 g/mol. The van der Waals surface area contributed by atoms with E-state index < -0.39 is 5.92 Å². The van der Waals surface area contributed by atoms with Gasteiger partial charge in [-0.1, -0.05) is 58.6 Å². The van der Waals surface area contributed by atoms with Gasteiger partial charge in [-0.25, -0.2) is 4.98 Å². The molecule has 236 valence electrons. The molecular formula is C35H51N3O4S. The van der Waals surface area contributed by atoms with E-state index in [-0.39, 0.29) is 29.9 Å². The van der Waals surface area contributed by atoms with Crippen molar-refractivity contribution in [3.05, 3.63) is 40.9 Å². The molecule has 43 heavy (non-hydrogen) atoms. The lowest BCUT2D eigenvalue weighted by molar-refractivity contribution is -0.130. The molecule has 0 radical (unpaired) electrons. The number of nitrogens with one attached hydrogen (secondary N) is 1. The standard InChI is InChI=1S/C35H51N3O4S/c1-4-9-30(39)22-28(23-34-37-31-14-12-26(5-2)21-33(31)43-34)35(41)36-29(20-27-10-7-6-8-11-27)13-15-32(40)25(3)24-38-16-18-42-19-17-38/h12,14,21,27-29H,3-11,13,15-20,22-24H2,1-2H3,(H,36,41)/t28-,29+/m0/s1. The summed E-state index contributed by atoms with van der Waals surface area (Å²) >= 11 is 1.62. The van der Waals surface area contributed by atoms with Crippen molar-refractivity contribution in [1.82, 2.24) is 15.2 Å². The predicted octanol–water partition coefficient (Wildman–Crippen LogP) is 6.47. The molecule has 2 heterocycles. The average molecular weight is 610 g/mol. The molecule has 1 N–H and O–H groups in total. The number of fused-ring (bicyclic) bond motifs is 1. The quantitative estimate of drug-likeness (QED) is 0.207. The number of hydrogen-bond donors (Lipinski definition) is 1. The molecule has 7 nitrogen and oxygen atoms in total. The number of ether oxygens (including phenoxy) is 1. The number of benzene rings is 1. The van der Waals surface area contributed by atoms with Crippen LogP contribution in [0.1, 0.15) is 95.0 Å². The number of Topliss-reactive ketones (excluding diaryl/α,β-unsaturated/α-hetero) is 2. The van der Waals surface area contributed by atoms with E-state index in [0.29, 0.717) is 56.9 Å². The minimum absolute atomic E-state index is 0.0741. The third kappa shape index (κ3) is 10.6. The molecule has 2 atom stereocenters. The van der Waals surface area contributed by atoms with Crippen molar-refractivity contribution in [3.8, 4) is 0 Å². The summed E-state index contributed by atoms with van der Waals surface area (Å²) in [7, 11) is 0. The molecule has 8 heteroatoms. The lowest BCUT2D eigenvalue weighted by Crippen LogP contribution is -2.42. The third-order valence-corrected chi connectivity index (χ3v) is 10.1. The van der Waals surface area contributed by atoms with Crippen molar-refractivity contribution in [1.29, 1.82) is 0 Å². The number of amides is 1. The fourth-order valence-electron chi connectivity index (χ4n) is 6.44. The molecule has 1 saturated carbocycles. The van der Waals surface area contributed by atoms with Crippen molar-refractivity contribution < 1.29 is 19.1 Å². The average Bonchev–Trinajstić information content (AvgIpc) is 3.42. The number of carbonyl (C=O) groups excluding carboxylic acids is 3. The molecule has 0 unspecified atom stereocenters. The number of aromatic nitrogens is 1. The van der Waals surface area contributed by atoms with Crippen molar-refractivity contribution in [2.75, 3.05) is 32.8 Å². The normalized spacial score (nSPS) is 17.9. The van der Waals surface area contributed by atoms with E-state index in [1.807, 2.05) is 6.92 Å². The van der Waals surface area contributed by atoms with E-state index in [1.165, 1.54) is 37.7 Å². The van der Waals surface area contributed by atoms with Crippen LogP contribution in [-0.2, 0) is 32.0 Å². The molecule has 1 amide bonds. The van der Waals surface area contributed by atoms with Gasteiger partial charge in [0.15, 0.2) is 5.78 Å². The summed E-state index contributed by atoms with van der Waals surface area (Å²) in [6.45, 7) is 11.8. The zero-order chi connectivity index (χ0) is 30.6. The maximum absolute atomic E-state index is 13.9. The second-order valence-corrected chi connectivity index (χ2v) is 13.7. The van der Waals surface area contributed by atoms with E-state index in [9.17, 15) is 14.4 Å². The van der Waals surface area contributed by atoms with Crippen LogP contribution >= 0.6 is 11.3 Å². The van der Waals surface area contributed by atoms with Crippen LogP contribution in [0.15, 0.2) is 30.4 Å². The van der Waals surface area contributed by atoms with Crippen LogP contribution in [0.4, 0.5) is 0 Å². The summed E-state index contributed by atoms with van der Waals surface area (Å²) in [4.78, 5) is 46.8. The van der Waals surface area contributed by atoms with E-state index in [1.54, 1.807) is 11.3 Å². The fraction of sp³-hybridized carbons (Fsp3) is 0.657. The first-order valence-electron chi connectivity index (χ1n) is 16.6. The van der Waals surface area contributed by atoms with Gasteiger partial charge < -0.3 is 10.1 Å². The van der Waals surface area contributed by atoms with Gasteiger partial charge in [-0.15, -0.1) is 11.3 Å². The Morgan fingerprint density at radius 3 is 2.60 bits per heavy atom. The van der Waals surface area contributed by atoms with Crippen LogP contribution in [0.3, 0.4) is 0 Å². The Morgan fingerprint density at radius 2 is 1.88 bits per heavy atom. The topological polar surface area (TPSA) is 88.6 Å². The maximum atomic E-state index is 13.9. The Labute approximate surface area is 261 Å². The van der Waals surface area contributed by atoms with Crippen LogP contribution in [0, 0.1) is 11.8 Å². The van der Waals surface area contributed by atoms with Crippen molar-refractivity contribution in [2.45, 2.75) is 103 Å². The van der Waals surface area contributed by atoms with Gasteiger partial charge >= 0.3 is 0 Å². The molecule has 1 aromatic heterocycles. The molecule has 1 aliphatic carbocycles. The highest BCUT2D eigenvalue weighted by Gasteiger charge is 2.28. The predicted molar refractivity (Wildman–Crippen MR) is 174 cm³/mol. The number of carbonyl (C=O) groups is 3. The Balaban J connectivity index is 1.43. The van der Waals surface area contributed by atoms with Crippen LogP contribution in [0.5, 0.6) is 0 Å². The second-order valence-electron chi connectivity index (χ2n) is 12.6. The van der Waals surface area contributed by atoms with Gasteiger partial charge in [-0.2, -0.15) is 0 Å². The number of thiazole rings is 1. The summed E-state index contributed by atoms with van der Waals surface area (Å²) in [6, 6.07) is 6.24. The number of aryl methyl sites for hydroxylation is 1. The smallest absolute Gasteiger partial charge is 0.224 e. The van der Waals surface area contributed by atoms with Gasteiger partial charge in [-0.3, -0.25) is 19.3 Å². The number of ketones is 2. The molecule has 2 aliphatic rings. The molecule has 2 aromatic rings. The molecule has 1 saturated heterocycles. The highest BCUT2D eigenvalue weighted by atomic mass is 32.1. The number of rotatable bonds is 17. The highest BCUT2D eigenvalue weighted by Crippen LogP contribution is 2.30. The first-order chi connectivity index (χ1) is 20.8. The minimum atomic E-state index is -0.467. The Kier molecular flexibility index (Phi) is 13.4. The van der Waals surface area contributed by atoms with Gasteiger partial charge in [0.05, 0.1) is 34.4 Å². The first kappa shape index (κ1) is 33.5. The number of hydrogen-bond acceptors (Lipinski definition) is 7. The summed E-state index contributed by atoms with van der Waals surface area (Å²) in [6.07, 6.45) is 10.8. The van der Waals surface area contributed by atoms with Gasteiger partial charge in [-0.05, 0) is 49.3 Å². The molecule has 2 fully saturated rings. The lowest BCUT2D eigenvalue weighted by Gasteiger charge is -2.29. The summed E-state index contributed by atoms with van der Waals surface area (Å²) in [5, 5.41) is 4.23. The van der Waals surface area contributed by atoms with Crippen molar-refractivity contribution in [2.24, 2.45) is 11.8 Å². The van der Waals surface area contributed by atoms with Crippen molar-refractivity contribution in [3.63, 3.8) is 0 Å². The molecule has 1 aliphatic heterocycles. The van der Waals surface area contributed by atoms with Gasteiger partial charge in [0, 0.05) is 56.9 Å². The van der Waals surface area contributed by atoms with E-state index in [4.69, 9.17) is 9.72 Å². The fourth-order valence-corrected chi connectivity index (χ4v) is 7.55. The second kappa shape index (κ2) is 17.2. The Morgan fingerprint density at radius 1 is 1.12 bits per heavy atom. The lowest BCUT2D eigenvalue weighted by atomic mass is 9.83. The van der Waals surface area contributed by atoms with Crippen molar-refractivity contribution >= 4 is 39.0 Å². The molecule has 4 rings (SSSR count). The Bertz CT molecular complexity index is 1230. The zero-order valence-corrected chi connectivity index (χ0v) is 27.2. The largest absolute Gasteiger partial charge is 0.379 e. The van der Waals surface area contributed by atoms with E-state index in [2.05, 4.69) is 41.9 Å². The first-order valence-corrected chi connectivity index (χ1v) is 17.4. The maximum Gasteiger partial charge on any atom is 0.224 e. The summed E-state index contributed by atoms with van der Waals surface area (Å²) < 4.78 is 6.55. The molecule has 1 aromatic carbocycles. The van der Waals surface area contributed by atoms with Crippen LogP contribution in [0.25, 0.3) is 10.2 Å². The molecule has 0 spiro atoms. The number of morpholine rings is 1. The zero-order valence-electron chi connectivity index (χ0n) is 26.3. The Hall–Kier alpha value is -2.42. The highest BCUT2D eigenvalue weighted by molar-refractivity contribution is 7.18. The van der Waals surface area contributed by atoms with Gasteiger partial charge in [0.2, 0.25) is 5.91 Å². The number of nitrogens with zero attached hydrogens (tertiary/aromatic N) is 2. The van der Waals surface area contributed by atoms with Gasteiger partial charge in [0.1, 0.15) is 5.78 Å². The minimum Gasteiger partial charge on any atom is -0.379 e. The van der Waals surface area contributed by atoms with Crippen LogP contribution in [0.2, 0.25) is 0 Å². The summed E-state index contributed by atoms with van der Waals surface area (Å²) in [5.41, 5.74) is 2.85. The third-order valence-electron chi connectivity index (χ3n) is 9.02. The van der Waals surface area contributed by atoms with Crippen LogP contribution in [-0.4, -0.2) is 66.2 Å². The van der Waals surface area contributed by atoms with E-state index >= 15 is 0 Å². The van der Waals surface area contributed by atoms with Gasteiger partial charge in [0.25, 0.3) is 0 Å². The van der Waals surface area contributed by atoms with E-state index in [0.717, 1.165) is 47.6 Å². The SMILES string of the molecule is C=C(CN1CCOCC1)C(=O)CC[C@H](CC1CCCCC1)NC(=O)[C@@H](CC(=O)CCC)Cc1nc2ccc(CC)cc2s1. The summed E-state index contributed by atoms with van der Waals surface area (Å²) in [5.74, 6) is 0.202.